The quantitative estimate of drug-likeness (QED) is 0.256. The largest absolute Gasteiger partial charge is 0.480 e. The predicted molar refractivity (Wildman–Crippen MR) is 141 cm³/mol. The molecule has 0 aliphatic heterocycles. The molecule has 2 rings (SSSR count). The molecule has 0 atom stereocenters. The zero-order valence-corrected chi connectivity index (χ0v) is 22.6. The van der Waals surface area contributed by atoms with Crippen LogP contribution in [0.25, 0.3) is 0 Å². The van der Waals surface area contributed by atoms with Crippen LogP contribution in [0.1, 0.15) is 31.9 Å². The Morgan fingerprint density at radius 2 is 1.86 bits per heavy atom. The number of carbonyl (C=O) groups is 3. The van der Waals surface area contributed by atoms with Crippen LogP contribution in [0.2, 0.25) is 0 Å². The molecule has 0 fully saturated rings. The third kappa shape index (κ3) is 10.9. The molecule has 11 nitrogen and oxygen atoms in total. The van der Waals surface area contributed by atoms with Crippen LogP contribution in [-0.2, 0) is 27.3 Å². The van der Waals surface area contributed by atoms with Crippen molar-refractivity contribution < 1.29 is 29.0 Å². The van der Waals surface area contributed by atoms with Gasteiger partial charge in [0, 0.05) is 59.6 Å². The number of hydrogen-bond acceptors (Lipinski definition) is 8. The minimum Gasteiger partial charge on any atom is -0.480 e. The van der Waals surface area contributed by atoms with Gasteiger partial charge in [-0.25, -0.2) is 19.6 Å². The molecule has 0 radical (unpaired) electrons. The molecule has 1 heterocycles. The number of nitrogens with one attached hydrogen (secondary N) is 2. The highest BCUT2D eigenvalue weighted by molar-refractivity contribution is 14.1. The molecule has 0 saturated heterocycles. The summed E-state index contributed by atoms with van der Waals surface area (Å²) in [6.07, 6.45) is 0.398. The standard InChI is InChI=1S/C24H30IN5O6/c1-16(30(14-19(31)32)11-10-26-22(33)36-24(2,3)4)12-18-13-27-21(25)28-20(18)29-23(34)35-15-17-8-6-5-7-9-17/h5-9,13H,1,10-12,14-15H2,2-4H3,(H,26,33)(H,31,32)(H,27,28,29,34). The highest BCUT2D eigenvalue weighted by atomic mass is 127. The van der Waals surface area contributed by atoms with Crippen molar-refractivity contribution in [1.29, 1.82) is 0 Å². The third-order valence-electron chi connectivity index (χ3n) is 4.49. The summed E-state index contributed by atoms with van der Waals surface area (Å²) in [5.41, 5.74) is 1.15. The predicted octanol–water partition coefficient (Wildman–Crippen LogP) is 3.80. The number of amides is 2. The number of nitrogens with zero attached hydrogens (tertiary/aromatic N) is 3. The van der Waals surface area contributed by atoms with Gasteiger partial charge < -0.3 is 24.8 Å². The number of anilines is 1. The van der Waals surface area contributed by atoms with Crippen molar-refractivity contribution in [2.24, 2.45) is 0 Å². The van der Waals surface area contributed by atoms with Gasteiger partial charge in [0.05, 0.1) is 0 Å². The molecule has 36 heavy (non-hydrogen) atoms. The molecule has 0 unspecified atom stereocenters. The maximum absolute atomic E-state index is 12.4. The lowest BCUT2D eigenvalue weighted by atomic mass is 10.1. The van der Waals surface area contributed by atoms with Gasteiger partial charge in [-0.2, -0.15) is 0 Å². The van der Waals surface area contributed by atoms with E-state index in [1.54, 1.807) is 20.8 Å². The number of halogens is 1. The van der Waals surface area contributed by atoms with Gasteiger partial charge in [-0.05, 0) is 26.3 Å². The van der Waals surface area contributed by atoms with Crippen molar-refractivity contribution in [1.82, 2.24) is 20.2 Å². The van der Waals surface area contributed by atoms with Crippen molar-refractivity contribution >= 4 is 46.6 Å². The monoisotopic (exact) mass is 611 g/mol. The van der Waals surface area contributed by atoms with Crippen LogP contribution in [0.15, 0.2) is 48.8 Å². The minimum absolute atomic E-state index is 0.0912. The number of alkyl carbamates (subject to hydrolysis) is 1. The van der Waals surface area contributed by atoms with E-state index in [9.17, 15) is 19.5 Å². The van der Waals surface area contributed by atoms with E-state index in [0.29, 0.717) is 15.1 Å². The van der Waals surface area contributed by atoms with Gasteiger partial charge in [-0.1, -0.05) is 36.9 Å². The Morgan fingerprint density at radius 3 is 2.50 bits per heavy atom. The summed E-state index contributed by atoms with van der Waals surface area (Å²) < 4.78 is 10.9. The minimum atomic E-state index is -1.06. The Hall–Kier alpha value is -3.42. The number of carbonyl (C=O) groups excluding carboxylic acids is 2. The maximum atomic E-state index is 12.4. The van der Waals surface area contributed by atoms with E-state index in [2.05, 4.69) is 27.2 Å². The summed E-state index contributed by atoms with van der Waals surface area (Å²) in [7, 11) is 0. The van der Waals surface area contributed by atoms with E-state index < -0.39 is 23.8 Å². The number of carboxylic acids is 1. The smallest absolute Gasteiger partial charge is 0.413 e. The summed E-state index contributed by atoms with van der Waals surface area (Å²) in [5, 5.41) is 14.5. The van der Waals surface area contributed by atoms with Crippen molar-refractivity contribution in [3.05, 3.63) is 63.8 Å². The summed E-state index contributed by atoms with van der Waals surface area (Å²) in [6.45, 7) is 9.32. The summed E-state index contributed by atoms with van der Waals surface area (Å²) in [5.74, 6) is -0.828. The first-order valence-corrected chi connectivity index (χ1v) is 12.1. The highest BCUT2D eigenvalue weighted by Crippen LogP contribution is 2.19. The first-order valence-electron chi connectivity index (χ1n) is 11.0. The van der Waals surface area contributed by atoms with E-state index in [-0.39, 0.29) is 38.5 Å². The Bertz CT molecular complexity index is 1070. The van der Waals surface area contributed by atoms with Crippen LogP contribution < -0.4 is 10.6 Å². The van der Waals surface area contributed by atoms with Gasteiger partial charge in [-0.3, -0.25) is 10.1 Å². The van der Waals surface area contributed by atoms with Gasteiger partial charge in [0.25, 0.3) is 0 Å². The Balaban J connectivity index is 2.02. The van der Waals surface area contributed by atoms with E-state index in [0.717, 1.165) is 5.56 Å². The first-order chi connectivity index (χ1) is 16.9. The highest BCUT2D eigenvalue weighted by Gasteiger charge is 2.19. The molecule has 2 aromatic rings. The molecule has 3 N–H and O–H groups in total. The first kappa shape index (κ1) is 28.8. The molecule has 0 aliphatic carbocycles. The van der Waals surface area contributed by atoms with E-state index in [1.165, 1.54) is 11.1 Å². The normalized spacial score (nSPS) is 10.8. The second-order valence-corrected chi connectivity index (χ2v) is 9.65. The molecule has 0 spiro atoms. The Labute approximate surface area is 223 Å². The number of aromatic nitrogens is 2. The number of carboxylic acid groups (broad SMARTS) is 1. The lowest BCUT2D eigenvalue weighted by Gasteiger charge is -2.26. The second kappa shape index (κ2) is 13.6. The van der Waals surface area contributed by atoms with E-state index in [4.69, 9.17) is 9.47 Å². The van der Waals surface area contributed by atoms with Crippen molar-refractivity contribution in [2.75, 3.05) is 25.0 Å². The van der Waals surface area contributed by atoms with Crippen LogP contribution in [0.3, 0.4) is 0 Å². The summed E-state index contributed by atoms with van der Waals surface area (Å²) in [4.78, 5) is 45.6. The second-order valence-electron chi connectivity index (χ2n) is 8.69. The van der Waals surface area contributed by atoms with Gasteiger partial charge in [0.1, 0.15) is 24.6 Å². The molecule has 0 saturated carbocycles. The Morgan fingerprint density at radius 1 is 1.17 bits per heavy atom. The zero-order valence-electron chi connectivity index (χ0n) is 20.4. The molecular formula is C24H30IN5O6. The fraction of sp³-hybridized carbons (Fsp3) is 0.375. The van der Waals surface area contributed by atoms with Gasteiger partial charge in [-0.15, -0.1) is 0 Å². The van der Waals surface area contributed by atoms with Crippen molar-refractivity contribution in [3.63, 3.8) is 0 Å². The van der Waals surface area contributed by atoms with Gasteiger partial charge >= 0.3 is 18.2 Å². The molecule has 1 aromatic carbocycles. The molecular weight excluding hydrogens is 581 g/mol. The van der Waals surface area contributed by atoms with Crippen LogP contribution in [0.4, 0.5) is 15.4 Å². The summed E-state index contributed by atoms with van der Waals surface area (Å²) in [6, 6.07) is 9.24. The number of aliphatic carboxylic acids is 1. The van der Waals surface area contributed by atoms with E-state index in [1.807, 2.05) is 52.9 Å². The van der Waals surface area contributed by atoms with Crippen LogP contribution in [0, 0.1) is 3.83 Å². The number of rotatable bonds is 11. The fourth-order valence-electron chi connectivity index (χ4n) is 2.93. The average molecular weight is 611 g/mol. The van der Waals surface area contributed by atoms with Gasteiger partial charge in [0.15, 0.2) is 3.83 Å². The SMILES string of the molecule is C=C(Cc1cnc(I)nc1NC(=O)OCc1ccccc1)N(CCNC(=O)OC(C)(C)C)CC(=O)O. The average Bonchev–Trinajstić information content (AvgIpc) is 2.78. The maximum Gasteiger partial charge on any atom is 0.413 e. The lowest BCUT2D eigenvalue weighted by molar-refractivity contribution is -0.137. The Kier molecular flexibility index (Phi) is 10.9. The topological polar surface area (TPSA) is 143 Å². The fourth-order valence-corrected chi connectivity index (χ4v) is 3.31. The van der Waals surface area contributed by atoms with Crippen LogP contribution in [0.5, 0.6) is 0 Å². The summed E-state index contributed by atoms with van der Waals surface area (Å²) >= 11 is 1.92. The van der Waals surface area contributed by atoms with Crippen molar-refractivity contribution in [3.8, 4) is 0 Å². The molecule has 1 aromatic heterocycles. The van der Waals surface area contributed by atoms with E-state index >= 15 is 0 Å². The van der Waals surface area contributed by atoms with Crippen LogP contribution >= 0.6 is 22.6 Å². The van der Waals surface area contributed by atoms with Gasteiger partial charge in [0.2, 0.25) is 0 Å². The third-order valence-corrected chi connectivity index (χ3v) is 5.01. The van der Waals surface area contributed by atoms with Crippen LogP contribution in [-0.4, -0.2) is 63.4 Å². The lowest BCUT2D eigenvalue weighted by Crippen LogP contribution is -2.39. The molecule has 12 heteroatoms. The molecule has 194 valence electrons. The number of allylic oxidation sites excluding steroid dienone is 1. The number of benzene rings is 1. The number of hydrogen-bond donors (Lipinski definition) is 3. The molecule has 0 aliphatic rings. The van der Waals surface area contributed by atoms with Crippen molar-refractivity contribution in [2.45, 2.75) is 39.4 Å². The zero-order chi connectivity index (χ0) is 26.7. The number of ether oxygens (including phenoxy) is 2. The molecule has 0 bridgehead atoms. The molecule has 2 amide bonds.